The van der Waals surface area contributed by atoms with Crippen molar-refractivity contribution in [3.63, 3.8) is 0 Å². The highest BCUT2D eigenvalue weighted by atomic mass is 14.3. The lowest BCUT2D eigenvalue weighted by atomic mass is 9.86. The van der Waals surface area contributed by atoms with Crippen molar-refractivity contribution in [1.82, 2.24) is 0 Å². The molecule has 0 heteroatoms. The Bertz CT molecular complexity index is 737. The molecule has 0 fully saturated rings. The van der Waals surface area contributed by atoms with Gasteiger partial charge in [0.05, 0.1) is 0 Å². The number of rotatable bonds is 5. The molecule has 0 saturated carbocycles. The van der Waals surface area contributed by atoms with Crippen LogP contribution in [0.15, 0.2) is 59.7 Å². The number of benzene rings is 2. The summed E-state index contributed by atoms with van der Waals surface area (Å²) in [6, 6.07) is 17.8. The zero-order chi connectivity index (χ0) is 16.5. The molecule has 2 aliphatic rings. The minimum absolute atomic E-state index is 0.630. The molecule has 0 aromatic heterocycles. The standard InChI is InChI=1S/C24H26/c1-3-21-19(15-17-9-5-7-11-23(17)21)13-14-20-16-18-10-6-8-12-24(18)22(20)4-2/h5-12,15-16,21-22H,3-4,13-14H2,1-2H3. The molecule has 2 aliphatic carbocycles. The molecule has 2 unspecified atom stereocenters. The Kier molecular flexibility index (Phi) is 4.14. The summed E-state index contributed by atoms with van der Waals surface area (Å²) in [5.41, 5.74) is 9.21. The molecule has 0 spiro atoms. The van der Waals surface area contributed by atoms with Gasteiger partial charge in [-0.25, -0.2) is 0 Å². The van der Waals surface area contributed by atoms with E-state index >= 15 is 0 Å². The average Bonchev–Trinajstić information content (AvgIpc) is 3.16. The Labute approximate surface area is 145 Å². The Hall–Kier alpha value is -2.08. The van der Waals surface area contributed by atoms with Crippen molar-refractivity contribution in [2.45, 2.75) is 51.4 Å². The van der Waals surface area contributed by atoms with Crippen molar-refractivity contribution in [2.75, 3.05) is 0 Å². The SMILES string of the molecule is CCC1C(CCC2=Cc3ccccc3C2CC)=Cc2ccccc21. The number of fused-ring (bicyclic) bond motifs is 2. The molecule has 0 bridgehead atoms. The second-order valence-electron chi connectivity index (χ2n) is 7.12. The van der Waals surface area contributed by atoms with Crippen LogP contribution in [0.3, 0.4) is 0 Å². The fraction of sp³-hybridized carbons (Fsp3) is 0.333. The largest absolute Gasteiger partial charge is 0.0645 e. The topological polar surface area (TPSA) is 0 Å². The van der Waals surface area contributed by atoms with Gasteiger partial charge in [0, 0.05) is 11.8 Å². The van der Waals surface area contributed by atoms with Gasteiger partial charge in [-0.05, 0) is 47.9 Å². The predicted octanol–water partition coefficient (Wildman–Crippen LogP) is 6.95. The van der Waals surface area contributed by atoms with E-state index in [2.05, 4.69) is 74.5 Å². The fourth-order valence-electron chi connectivity index (χ4n) is 4.67. The van der Waals surface area contributed by atoms with Crippen LogP contribution >= 0.6 is 0 Å². The van der Waals surface area contributed by atoms with Crippen LogP contribution in [0, 0.1) is 0 Å². The summed E-state index contributed by atoms with van der Waals surface area (Å²) < 4.78 is 0. The second kappa shape index (κ2) is 6.43. The lowest BCUT2D eigenvalue weighted by Crippen LogP contribution is -2.01. The first kappa shape index (κ1) is 15.4. The molecule has 24 heavy (non-hydrogen) atoms. The summed E-state index contributed by atoms with van der Waals surface area (Å²) in [7, 11) is 0. The first-order valence-electron chi connectivity index (χ1n) is 9.40. The predicted molar refractivity (Wildman–Crippen MR) is 104 cm³/mol. The van der Waals surface area contributed by atoms with Crippen molar-refractivity contribution < 1.29 is 0 Å². The van der Waals surface area contributed by atoms with Crippen LogP contribution in [0.25, 0.3) is 12.2 Å². The summed E-state index contributed by atoms with van der Waals surface area (Å²) in [5, 5.41) is 0. The van der Waals surface area contributed by atoms with E-state index in [0.29, 0.717) is 11.8 Å². The molecule has 0 heterocycles. The van der Waals surface area contributed by atoms with Crippen molar-refractivity contribution >= 4 is 12.2 Å². The number of allylic oxidation sites excluding steroid dienone is 2. The Morgan fingerprint density at radius 2 is 1.04 bits per heavy atom. The van der Waals surface area contributed by atoms with Gasteiger partial charge in [0.1, 0.15) is 0 Å². The van der Waals surface area contributed by atoms with Crippen LogP contribution in [0.2, 0.25) is 0 Å². The monoisotopic (exact) mass is 314 g/mol. The molecule has 0 N–H and O–H groups in total. The van der Waals surface area contributed by atoms with Gasteiger partial charge < -0.3 is 0 Å². The van der Waals surface area contributed by atoms with Crippen molar-refractivity contribution in [1.29, 1.82) is 0 Å². The zero-order valence-corrected chi connectivity index (χ0v) is 14.8. The maximum Gasteiger partial charge on any atom is 0.00549 e. The van der Waals surface area contributed by atoms with Gasteiger partial charge in [-0.3, -0.25) is 0 Å². The molecule has 2 aromatic rings. The molecule has 0 saturated heterocycles. The van der Waals surface area contributed by atoms with Crippen molar-refractivity contribution in [3.05, 3.63) is 81.9 Å². The lowest BCUT2D eigenvalue weighted by molar-refractivity contribution is 0.691. The third kappa shape index (κ3) is 2.55. The molecular formula is C24H26. The lowest BCUT2D eigenvalue weighted by Gasteiger charge is -2.18. The average molecular weight is 314 g/mol. The Morgan fingerprint density at radius 3 is 1.46 bits per heavy atom. The highest BCUT2D eigenvalue weighted by molar-refractivity contribution is 5.68. The first-order valence-corrected chi connectivity index (χ1v) is 9.40. The van der Waals surface area contributed by atoms with Gasteiger partial charge in [0.25, 0.3) is 0 Å². The van der Waals surface area contributed by atoms with Gasteiger partial charge in [-0.2, -0.15) is 0 Å². The molecule has 0 radical (unpaired) electrons. The fourth-order valence-corrected chi connectivity index (χ4v) is 4.67. The van der Waals surface area contributed by atoms with Crippen LogP contribution in [0.1, 0.15) is 73.6 Å². The highest BCUT2D eigenvalue weighted by Crippen LogP contribution is 2.44. The van der Waals surface area contributed by atoms with E-state index in [-0.39, 0.29) is 0 Å². The van der Waals surface area contributed by atoms with E-state index in [1.807, 2.05) is 0 Å². The second-order valence-corrected chi connectivity index (χ2v) is 7.12. The van der Waals surface area contributed by atoms with Crippen LogP contribution < -0.4 is 0 Å². The molecule has 4 rings (SSSR count). The number of hydrogen-bond acceptors (Lipinski definition) is 0. The van der Waals surface area contributed by atoms with Gasteiger partial charge in [-0.15, -0.1) is 0 Å². The number of hydrogen-bond donors (Lipinski definition) is 0. The van der Waals surface area contributed by atoms with E-state index in [0.717, 1.165) is 0 Å². The third-order valence-electron chi connectivity index (χ3n) is 5.84. The summed E-state index contributed by atoms with van der Waals surface area (Å²) in [4.78, 5) is 0. The van der Waals surface area contributed by atoms with E-state index in [1.165, 1.54) is 47.9 Å². The van der Waals surface area contributed by atoms with Crippen LogP contribution in [0.5, 0.6) is 0 Å². The Morgan fingerprint density at radius 1 is 0.625 bits per heavy atom. The minimum atomic E-state index is 0.630. The van der Waals surface area contributed by atoms with Crippen molar-refractivity contribution in [2.24, 2.45) is 0 Å². The maximum absolute atomic E-state index is 2.45. The molecule has 2 aromatic carbocycles. The van der Waals surface area contributed by atoms with Gasteiger partial charge in [0.15, 0.2) is 0 Å². The van der Waals surface area contributed by atoms with E-state index < -0.39 is 0 Å². The van der Waals surface area contributed by atoms with Crippen LogP contribution in [0.4, 0.5) is 0 Å². The summed E-state index contributed by atoms with van der Waals surface area (Å²) in [6.45, 7) is 4.64. The Balaban J connectivity index is 1.52. The molecule has 0 aliphatic heterocycles. The van der Waals surface area contributed by atoms with Gasteiger partial charge in [0.2, 0.25) is 0 Å². The normalized spacial score (nSPS) is 21.2. The van der Waals surface area contributed by atoms with E-state index in [1.54, 1.807) is 11.1 Å². The van der Waals surface area contributed by atoms with Crippen LogP contribution in [-0.2, 0) is 0 Å². The molecule has 2 atom stereocenters. The molecule has 0 amide bonds. The van der Waals surface area contributed by atoms with Gasteiger partial charge in [-0.1, -0.05) is 85.7 Å². The first-order chi connectivity index (χ1) is 11.8. The molecule has 0 nitrogen and oxygen atoms in total. The highest BCUT2D eigenvalue weighted by Gasteiger charge is 2.26. The maximum atomic E-state index is 2.45. The zero-order valence-electron chi connectivity index (χ0n) is 14.8. The van der Waals surface area contributed by atoms with E-state index in [4.69, 9.17) is 0 Å². The van der Waals surface area contributed by atoms with Gasteiger partial charge >= 0.3 is 0 Å². The van der Waals surface area contributed by atoms with Crippen LogP contribution in [-0.4, -0.2) is 0 Å². The summed E-state index contributed by atoms with van der Waals surface area (Å²) in [6.07, 6.45) is 9.71. The third-order valence-corrected chi connectivity index (χ3v) is 5.84. The smallest absolute Gasteiger partial charge is 0.00549 e. The summed E-state index contributed by atoms with van der Waals surface area (Å²) in [5.74, 6) is 1.26. The van der Waals surface area contributed by atoms with E-state index in [9.17, 15) is 0 Å². The van der Waals surface area contributed by atoms with Crippen molar-refractivity contribution in [3.8, 4) is 0 Å². The minimum Gasteiger partial charge on any atom is -0.0645 e. The molecular weight excluding hydrogens is 288 g/mol. The molecule has 122 valence electrons. The quantitative estimate of drug-likeness (QED) is 0.560. The summed E-state index contributed by atoms with van der Waals surface area (Å²) >= 11 is 0.